The molecule has 16 heavy (non-hydrogen) atoms. The van der Waals surface area contributed by atoms with Gasteiger partial charge in [-0.2, -0.15) is 0 Å². The fourth-order valence-corrected chi connectivity index (χ4v) is 1.24. The Morgan fingerprint density at radius 3 is 2.69 bits per heavy atom. The zero-order valence-corrected chi connectivity index (χ0v) is 9.11. The van der Waals surface area contributed by atoms with Gasteiger partial charge in [0.1, 0.15) is 0 Å². The molecule has 86 valence electrons. The van der Waals surface area contributed by atoms with Crippen LogP contribution in [-0.4, -0.2) is 24.4 Å². The number of anilines is 1. The van der Waals surface area contributed by atoms with Crippen LogP contribution in [0.1, 0.15) is 5.56 Å². The highest BCUT2D eigenvalue weighted by molar-refractivity contribution is 5.80. The molecule has 0 aliphatic heterocycles. The van der Waals surface area contributed by atoms with E-state index in [1.807, 2.05) is 0 Å². The summed E-state index contributed by atoms with van der Waals surface area (Å²) >= 11 is 0. The molecule has 1 aromatic rings. The molecule has 0 saturated heterocycles. The lowest BCUT2D eigenvalue weighted by atomic mass is 10.2. The van der Waals surface area contributed by atoms with E-state index >= 15 is 0 Å². The lowest BCUT2D eigenvalue weighted by Gasteiger charge is -2.06. The van der Waals surface area contributed by atoms with Crippen LogP contribution in [0.2, 0.25) is 0 Å². The van der Waals surface area contributed by atoms with Crippen molar-refractivity contribution in [3.05, 3.63) is 33.9 Å². The number of likely N-dealkylation sites (N-methyl/N-ethyl adjacent to an activating group) is 1. The van der Waals surface area contributed by atoms with Gasteiger partial charge in [-0.05, 0) is 19.1 Å². The molecule has 0 unspecified atom stereocenters. The van der Waals surface area contributed by atoms with Gasteiger partial charge >= 0.3 is 0 Å². The van der Waals surface area contributed by atoms with E-state index in [4.69, 9.17) is 0 Å². The smallest absolute Gasteiger partial charge is 0.272 e. The first kappa shape index (κ1) is 12.0. The van der Waals surface area contributed by atoms with E-state index < -0.39 is 4.92 Å². The summed E-state index contributed by atoms with van der Waals surface area (Å²) in [6, 6.07) is 4.64. The van der Waals surface area contributed by atoms with Gasteiger partial charge in [0, 0.05) is 24.4 Å². The fraction of sp³-hybridized carbons (Fsp3) is 0.300. The zero-order valence-electron chi connectivity index (χ0n) is 9.11. The Labute approximate surface area is 92.8 Å². The number of hydrogen-bond donors (Lipinski definition) is 2. The molecule has 0 aromatic heterocycles. The maximum Gasteiger partial charge on any atom is 0.272 e. The number of rotatable bonds is 4. The maximum atomic E-state index is 11.0. The Morgan fingerprint density at radius 1 is 1.50 bits per heavy atom. The third kappa shape index (κ3) is 2.94. The molecule has 0 fully saturated rings. The molecular formula is C10H13N3O3. The number of nitrogens with one attached hydrogen (secondary N) is 2. The predicted molar refractivity (Wildman–Crippen MR) is 60.4 cm³/mol. The van der Waals surface area contributed by atoms with Crippen molar-refractivity contribution in [3.8, 4) is 0 Å². The van der Waals surface area contributed by atoms with E-state index in [1.165, 1.54) is 6.07 Å². The van der Waals surface area contributed by atoms with Crippen LogP contribution in [0, 0.1) is 17.0 Å². The summed E-state index contributed by atoms with van der Waals surface area (Å²) in [5, 5.41) is 15.9. The molecule has 1 rings (SSSR count). The fourth-order valence-electron chi connectivity index (χ4n) is 1.24. The lowest BCUT2D eigenvalue weighted by molar-refractivity contribution is -0.385. The van der Waals surface area contributed by atoms with E-state index in [0.29, 0.717) is 11.3 Å². The molecule has 1 amide bonds. The van der Waals surface area contributed by atoms with Crippen LogP contribution in [0.25, 0.3) is 0 Å². The van der Waals surface area contributed by atoms with Crippen LogP contribution in [0.4, 0.5) is 11.4 Å². The third-order valence-corrected chi connectivity index (χ3v) is 2.13. The SMILES string of the molecule is CNC(=O)CNc1ccc([N+](=O)[O-])c(C)c1. The van der Waals surface area contributed by atoms with Crippen LogP contribution in [0.3, 0.4) is 0 Å². The van der Waals surface area contributed by atoms with Gasteiger partial charge in [-0.15, -0.1) is 0 Å². The number of hydrogen-bond acceptors (Lipinski definition) is 4. The molecule has 2 N–H and O–H groups in total. The predicted octanol–water partition coefficient (Wildman–Crippen LogP) is 1.06. The summed E-state index contributed by atoms with van der Waals surface area (Å²) in [5.41, 5.74) is 1.32. The van der Waals surface area contributed by atoms with E-state index in [-0.39, 0.29) is 18.1 Å². The van der Waals surface area contributed by atoms with Gasteiger partial charge in [-0.1, -0.05) is 0 Å². The van der Waals surface area contributed by atoms with Crippen molar-refractivity contribution in [2.45, 2.75) is 6.92 Å². The highest BCUT2D eigenvalue weighted by atomic mass is 16.6. The van der Waals surface area contributed by atoms with Crippen molar-refractivity contribution >= 4 is 17.3 Å². The number of aryl methyl sites for hydroxylation is 1. The van der Waals surface area contributed by atoms with Gasteiger partial charge in [0.05, 0.1) is 11.5 Å². The summed E-state index contributed by atoms with van der Waals surface area (Å²) < 4.78 is 0. The molecule has 0 heterocycles. The summed E-state index contributed by atoms with van der Waals surface area (Å²) in [4.78, 5) is 21.1. The van der Waals surface area contributed by atoms with Crippen molar-refractivity contribution in [2.24, 2.45) is 0 Å². The first-order valence-corrected chi connectivity index (χ1v) is 4.74. The molecule has 6 nitrogen and oxygen atoms in total. The third-order valence-electron chi connectivity index (χ3n) is 2.13. The van der Waals surface area contributed by atoms with Gasteiger partial charge in [0.25, 0.3) is 5.69 Å². The molecule has 1 aromatic carbocycles. The minimum atomic E-state index is -0.433. The standard InChI is InChI=1S/C10H13N3O3/c1-7-5-8(12-6-10(14)11-2)3-4-9(7)13(15)16/h3-5,12H,6H2,1-2H3,(H,11,14). The number of nitro benzene ring substituents is 1. The lowest BCUT2D eigenvalue weighted by Crippen LogP contribution is -2.26. The quantitative estimate of drug-likeness (QED) is 0.590. The molecule has 0 atom stereocenters. The highest BCUT2D eigenvalue weighted by Gasteiger charge is 2.10. The van der Waals surface area contributed by atoms with Gasteiger partial charge in [0.15, 0.2) is 0 Å². The Kier molecular flexibility index (Phi) is 3.82. The number of benzene rings is 1. The van der Waals surface area contributed by atoms with E-state index in [2.05, 4.69) is 10.6 Å². The summed E-state index contributed by atoms with van der Waals surface area (Å²) in [6.07, 6.45) is 0. The summed E-state index contributed by atoms with van der Waals surface area (Å²) in [6.45, 7) is 1.80. The van der Waals surface area contributed by atoms with Crippen molar-refractivity contribution in [1.82, 2.24) is 5.32 Å². The van der Waals surface area contributed by atoms with Crippen molar-refractivity contribution in [2.75, 3.05) is 18.9 Å². The molecule has 6 heteroatoms. The average molecular weight is 223 g/mol. The van der Waals surface area contributed by atoms with E-state index in [1.54, 1.807) is 26.1 Å². The second-order valence-electron chi connectivity index (χ2n) is 3.29. The number of carbonyl (C=O) groups is 1. The average Bonchev–Trinajstić information content (AvgIpc) is 2.25. The van der Waals surface area contributed by atoms with Crippen molar-refractivity contribution in [1.29, 1.82) is 0 Å². The normalized spacial score (nSPS) is 9.62. The second kappa shape index (κ2) is 5.11. The van der Waals surface area contributed by atoms with Crippen LogP contribution in [-0.2, 0) is 4.79 Å². The van der Waals surface area contributed by atoms with Crippen LogP contribution in [0.5, 0.6) is 0 Å². The molecule has 0 saturated carbocycles. The minimum Gasteiger partial charge on any atom is -0.376 e. The Hall–Kier alpha value is -2.11. The topological polar surface area (TPSA) is 84.3 Å². The maximum absolute atomic E-state index is 11.0. The first-order valence-electron chi connectivity index (χ1n) is 4.74. The summed E-state index contributed by atoms with van der Waals surface area (Å²) in [5.74, 6) is -0.143. The van der Waals surface area contributed by atoms with Gasteiger partial charge in [-0.3, -0.25) is 14.9 Å². The van der Waals surface area contributed by atoms with Gasteiger partial charge in [-0.25, -0.2) is 0 Å². The van der Waals surface area contributed by atoms with Gasteiger partial charge in [0.2, 0.25) is 5.91 Å². The Balaban J connectivity index is 2.74. The largest absolute Gasteiger partial charge is 0.376 e. The molecular weight excluding hydrogens is 210 g/mol. The first-order chi connectivity index (χ1) is 7.54. The van der Waals surface area contributed by atoms with Crippen LogP contribution >= 0.6 is 0 Å². The number of nitrogens with zero attached hydrogens (tertiary/aromatic N) is 1. The second-order valence-corrected chi connectivity index (χ2v) is 3.29. The number of nitro groups is 1. The minimum absolute atomic E-state index is 0.0745. The zero-order chi connectivity index (χ0) is 12.1. The summed E-state index contributed by atoms with van der Waals surface area (Å²) in [7, 11) is 1.55. The van der Waals surface area contributed by atoms with Crippen LogP contribution < -0.4 is 10.6 Å². The monoisotopic (exact) mass is 223 g/mol. The van der Waals surface area contributed by atoms with Crippen LogP contribution in [0.15, 0.2) is 18.2 Å². The van der Waals surface area contributed by atoms with Crippen molar-refractivity contribution in [3.63, 3.8) is 0 Å². The number of amides is 1. The number of carbonyl (C=O) groups excluding carboxylic acids is 1. The highest BCUT2D eigenvalue weighted by Crippen LogP contribution is 2.21. The molecule has 0 bridgehead atoms. The van der Waals surface area contributed by atoms with Crippen molar-refractivity contribution < 1.29 is 9.72 Å². The van der Waals surface area contributed by atoms with E-state index in [9.17, 15) is 14.9 Å². The molecule has 0 radical (unpaired) electrons. The Bertz CT molecular complexity index is 418. The van der Waals surface area contributed by atoms with E-state index in [0.717, 1.165) is 0 Å². The molecule has 0 aliphatic rings. The molecule has 0 spiro atoms. The van der Waals surface area contributed by atoms with Gasteiger partial charge < -0.3 is 10.6 Å². The Morgan fingerprint density at radius 2 is 2.19 bits per heavy atom. The molecule has 0 aliphatic carbocycles.